The van der Waals surface area contributed by atoms with Gasteiger partial charge in [-0.2, -0.15) is 0 Å². The average Bonchev–Trinajstić information content (AvgIpc) is 2.44. The first-order valence-electron chi connectivity index (χ1n) is 6.13. The number of esters is 1. The van der Waals surface area contributed by atoms with Crippen LogP contribution in [-0.4, -0.2) is 45.3 Å². The second-order valence-corrected chi connectivity index (χ2v) is 4.19. The van der Waals surface area contributed by atoms with Gasteiger partial charge in [-0.3, -0.25) is 4.79 Å². The summed E-state index contributed by atoms with van der Waals surface area (Å²) in [6.45, 7) is 10.7. The standard InChI is InChI=1S/C14H22O5/c1-4-7-17-10-14(6-3,11-18-8-5-2)12-19-13(16)9-15/h4-5,9H,1-2,6-8,10-12H2,3H3. The van der Waals surface area contributed by atoms with Crippen LogP contribution in [-0.2, 0) is 23.8 Å². The van der Waals surface area contributed by atoms with Gasteiger partial charge in [0.1, 0.15) is 6.61 Å². The van der Waals surface area contributed by atoms with Crippen LogP contribution in [0.3, 0.4) is 0 Å². The van der Waals surface area contributed by atoms with Crippen LogP contribution in [0.5, 0.6) is 0 Å². The molecule has 0 saturated heterocycles. The lowest BCUT2D eigenvalue weighted by Crippen LogP contribution is -2.37. The van der Waals surface area contributed by atoms with E-state index in [9.17, 15) is 9.59 Å². The average molecular weight is 270 g/mol. The molecule has 0 fully saturated rings. The fourth-order valence-corrected chi connectivity index (χ4v) is 1.41. The zero-order chi connectivity index (χ0) is 14.6. The van der Waals surface area contributed by atoms with Crippen molar-refractivity contribution in [2.45, 2.75) is 13.3 Å². The van der Waals surface area contributed by atoms with Crippen LogP contribution in [0.2, 0.25) is 0 Å². The molecule has 5 heteroatoms. The summed E-state index contributed by atoms with van der Waals surface area (Å²) in [5.74, 6) is -0.884. The molecule has 0 spiro atoms. The minimum Gasteiger partial charge on any atom is -0.459 e. The van der Waals surface area contributed by atoms with Crippen molar-refractivity contribution >= 4 is 12.3 Å². The normalized spacial score (nSPS) is 10.8. The van der Waals surface area contributed by atoms with E-state index in [2.05, 4.69) is 13.2 Å². The molecule has 0 aliphatic rings. The fourth-order valence-electron chi connectivity index (χ4n) is 1.41. The number of carbonyl (C=O) groups excluding carboxylic acids is 2. The van der Waals surface area contributed by atoms with Gasteiger partial charge in [0.25, 0.3) is 0 Å². The molecule has 0 aromatic carbocycles. The van der Waals surface area contributed by atoms with Crippen LogP contribution in [0.1, 0.15) is 13.3 Å². The molecular weight excluding hydrogens is 248 g/mol. The van der Waals surface area contributed by atoms with E-state index in [4.69, 9.17) is 14.2 Å². The second-order valence-electron chi connectivity index (χ2n) is 4.19. The maximum atomic E-state index is 10.9. The number of hydrogen-bond donors (Lipinski definition) is 0. The van der Waals surface area contributed by atoms with Crippen LogP contribution >= 0.6 is 0 Å². The van der Waals surface area contributed by atoms with Gasteiger partial charge >= 0.3 is 5.97 Å². The summed E-state index contributed by atoms with van der Waals surface area (Å²) in [4.78, 5) is 21.2. The molecule has 0 unspecified atom stereocenters. The van der Waals surface area contributed by atoms with Gasteiger partial charge in [-0.1, -0.05) is 19.1 Å². The van der Waals surface area contributed by atoms with Gasteiger partial charge in [0.15, 0.2) is 0 Å². The highest BCUT2D eigenvalue weighted by atomic mass is 16.5. The van der Waals surface area contributed by atoms with Gasteiger partial charge in [0.05, 0.1) is 31.8 Å². The summed E-state index contributed by atoms with van der Waals surface area (Å²) in [6.07, 6.45) is 4.12. The topological polar surface area (TPSA) is 61.8 Å². The molecule has 19 heavy (non-hydrogen) atoms. The molecule has 0 aliphatic heterocycles. The molecule has 0 N–H and O–H groups in total. The van der Waals surface area contributed by atoms with Crippen LogP contribution in [0.4, 0.5) is 0 Å². The number of hydrogen-bond acceptors (Lipinski definition) is 5. The predicted molar refractivity (Wildman–Crippen MR) is 71.8 cm³/mol. The highest BCUT2D eigenvalue weighted by molar-refractivity contribution is 6.20. The van der Waals surface area contributed by atoms with Gasteiger partial charge in [-0.15, -0.1) is 13.2 Å². The van der Waals surface area contributed by atoms with Crippen molar-refractivity contribution < 1.29 is 23.8 Å². The summed E-state index contributed by atoms with van der Waals surface area (Å²) in [5.41, 5.74) is -0.468. The Kier molecular flexibility index (Phi) is 9.66. The molecule has 0 aromatic rings. The third-order valence-electron chi connectivity index (χ3n) is 2.65. The number of rotatable bonds is 12. The van der Waals surface area contributed by atoms with Crippen LogP contribution in [0, 0.1) is 5.41 Å². The quantitative estimate of drug-likeness (QED) is 0.177. The molecule has 0 aliphatic carbocycles. The van der Waals surface area contributed by atoms with E-state index in [1.165, 1.54) is 0 Å². The minimum absolute atomic E-state index is 0.0787. The Labute approximate surface area is 114 Å². The summed E-state index contributed by atoms with van der Waals surface area (Å²) < 4.78 is 15.8. The van der Waals surface area contributed by atoms with Crippen LogP contribution in [0.25, 0.3) is 0 Å². The zero-order valence-electron chi connectivity index (χ0n) is 11.4. The fraction of sp³-hybridized carbons (Fsp3) is 0.571. The van der Waals surface area contributed by atoms with Gasteiger partial charge < -0.3 is 14.2 Å². The molecule has 0 aromatic heterocycles. The molecule has 5 nitrogen and oxygen atoms in total. The third kappa shape index (κ3) is 7.54. The Bertz CT molecular complexity index is 284. The summed E-state index contributed by atoms with van der Waals surface area (Å²) >= 11 is 0. The van der Waals surface area contributed by atoms with Crippen molar-refractivity contribution in [2.75, 3.05) is 33.0 Å². The molecular formula is C14H22O5. The lowest BCUT2D eigenvalue weighted by atomic mass is 9.88. The number of carbonyl (C=O) groups is 2. The molecule has 0 rings (SSSR count). The second kappa shape index (κ2) is 10.5. The number of aldehydes is 1. The molecule has 0 atom stereocenters. The first kappa shape index (κ1) is 17.5. The smallest absolute Gasteiger partial charge is 0.371 e. The maximum Gasteiger partial charge on any atom is 0.371 e. The van der Waals surface area contributed by atoms with Crippen molar-refractivity contribution in [1.29, 1.82) is 0 Å². The van der Waals surface area contributed by atoms with Gasteiger partial charge in [0, 0.05) is 0 Å². The third-order valence-corrected chi connectivity index (χ3v) is 2.65. The van der Waals surface area contributed by atoms with Gasteiger partial charge in [0.2, 0.25) is 6.29 Å². The molecule has 108 valence electrons. The van der Waals surface area contributed by atoms with Crippen molar-refractivity contribution in [3.05, 3.63) is 25.3 Å². The Morgan fingerprint density at radius 2 is 1.63 bits per heavy atom. The highest BCUT2D eigenvalue weighted by Crippen LogP contribution is 2.24. The predicted octanol–water partition coefficient (Wildman–Crippen LogP) is 1.53. The number of ether oxygens (including phenoxy) is 3. The molecule has 0 radical (unpaired) electrons. The van der Waals surface area contributed by atoms with E-state index in [0.717, 1.165) is 0 Å². The summed E-state index contributed by atoms with van der Waals surface area (Å²) in [5, 5.41) is 0. The minimum atomic E-state index is -0.884. The van der Waals surface area contributed by atoms with Gasteiger partial charge in [-0.25, -0.2) is 4.79 Å². The molecule has 0 heterocycles. The van der Waals surface area contributed by atoms with E-state index in [-0.39, 0.29) is 12.9 Å². The highest BCUT2D eigenvalue weighted by Gasteiger charge is 2.31. The lowest BCUT2D eigenvalue weighted by molar-refractivity contribution is -0.154. The van der Waals surface area contributed by atoms with E-state index >= 15 is 0 Å². The van der Waals surface area contributed by atoms with Crippen molar-refractivity contribution in [1.82, 2.24) is 0 Å². The van der Waals surface area contributed by atoms with E-state index in [0.29, 0.717) is 32.8 Å². The van der Waals surface area contributed by atoms with Crippen molar-refractivity contribution in [3.63, 3.8) is 0 Å². The van der Waals surface area contributed by atoms with Crippen LogP contribution in [0.15, 0.2) is 25.3 Å². The van der Waals surface area contributed by atoms with E-state index < -0.39 is 11.4 Å². The van der Waals surface area contributed by atoms with Gasteiger partial charge in [-0.05, 0) is 6.42 Å². The SMILES string of the molecule is C=CCOCC(CC)(COCC=C)COC(=O)C=O. The first-order chi connectivity index (χ1) is 9.14. The van der Waals surface area contributed by atoms with Crippen molar-refractivity contribution in [2.24, 2.45) is 5.41 Å². The monoisotopic (exact) mass is 270 g/mol. The van der Waals surface area contributed by atoms with E-state index in [1.807, 2.05) is 6.92 Å². The zero-order valence-corrected chi connectivity index (χ0v) is 11.4. The summed E-state index contributed by atoms with van der Waals surface area (Å²) in [6, 6.07) is 0. The molecule has 0 saturated carbocycles. The lowest BCUT2D eigenvalue weighted by Gasteiger charge is -2.31. The Hall–Kier alpha value is -1.46. The molecule has 0 bridgehead atoms. The van der Waals surface area contributed by atoms with Crippen LogP contribution < -0.4 is 0 Å². The van der Waals surface area contributed by atoms with E-state index in [1.54, 1.807) is 12.2 Å². The largest absolute Gasteiger partial charge is 0.459 e. The summed E-state index contributed by atoms with van der Waals surface area (Å²) in [7, 11) is 0. The Morgan fingerprint density at radius 3 is 2.00 bits per heavy atom. The maximum absolute atomic E-state index is 10.9. The Morgan fingerprint density at radius 1 is 1.11 bits per heavy atom. The first-order valence-corrected chi connectivity index (χ1v) is 6.13. The molecule has 0 amide bonds. The Balaban J connectivity index is 4.52. The van der Waals surface area contributed by atoms with Crippen molar-refractivity contribution in [3.8, 4) is 0 Å².